The first-order valence-corrected chi connectivity index (χ1v) is 7.34. The second kappa shape index (κ2) is 5.79. The summed E-state index contributed by atoms with van der Waals surface area (Å²) in [7, 11) is 2.31. The number of benzene rings is 1. The summed E-state index contributed by atoms with van der Waals surface area (Å²) in [4.78, 5) is 1.64. The van der Waals surface area contributed by atoms with Crippen LogP contribution in [0.1, 0.15) is 26.7 Å². The Morgan fingerprint density at radius 1 is 1.37 bits per heavy atom. The number of rotatable bonds is 4. The van der Waals surface area contributed by atoms with Gasteiger partial charge in [-0.15, -0.1) is 6.58 Å². The van der Waals surface area contributed by atoms with Gasteiger partial charge in [-0.05, 0) is 25.5 Å². The summed E-state index contributed by atoms with van der Waals surface area (Å²) < 4.78 is 0. The molecule has 19 heavy (non-hydrogen) atoms. The Labute approximate surface area is 117 Å². The molecule has 4 atom stereocenters. The average Bonchev–Trinajstić information content (AvgIpc) is 2.38. The Balaban J connectivity index is 2.24. The van der Waals surface area contributed by atoms with Gasteiger partial charge in [0.2, 0.25) is 0 Å². The molecule has 0 spiro atoms. The predicted octanol–water partition coefficient (Wildman–Crippen LogP) is 2.36. The number of nitrogens with one attached hydrogen (secondary N) is 2. The van der Waals surface area contributed by atoms with Crippen molar-refractivity contribution in [1.29, 1.82) is 0 Å². The third-order valence-electron chi connectivity index (χ3n) is 4.76. The van der Waals surface area contributed by atoms with Gasteiger partial charge in [0.05, 0.1) is 25.2 Å². The summed E-state index contributed by atoms with van der Waals surface area (Å²) in [6.45, 7) is 9.91. The molecule has 2 N–H and O–H groups in total. The molecule has 0 saturated carbocycles. The zero-order valence-corrected chi connectivity index (χ0v) is 12.4. The molecule has 0 amide bonds. The fourth-order valence-corrected chi connectivity index (χ4v) is 3.38. The Morgan fingerprint density at radius 3 is 2.68 bits per heavy atom. The van der Waals surface area contributed by atoms with E-state index < -0.39 is 0 Å². The topological polar surface area (TPSA) is 16.5 Å². The third kappa shape index (κ3) is 3.01. The van der Waals surface area contributed by atoms with E-state index in [1.165, 1.54) is 18.7 Å². The third-order valence-corrected chi connectivity index (χ3v) is 4.76. The molecule has 104 valence electrons. The van der Waals surface area contributed by atoms with Crippen LogP contribution in [0.15, 0.2) is 43.0 Å². The highest BCUT2D eigenvalue weighted by Crippen LogP contribution is 2.33. The minimum Gasteiger partial charge on any atom is -0.379 e. The lowest BCUT2D eigenvalue weighted by atomic mass is 9.73. The van der Waals surface area contributed by atoms with Crippen LogP contribution in [0, 0.1) is 5.92 Å². The average molecular weight is 259 g/mol. The van der Waals surface area contributed by atoms with Crippen LogP contribution in [0.25, 0.3) is 0 Å². The Morgan fingerprint density at radius 2 is 2.05 bits per heavy atom. The standard InChI is InChI=1S/C17H26N2/c1-5-11-17(18-16-9-7-6-8-10-16)12-15(3)19(4)13-14(17)2/h5-10,14-15,18H,1,11-13H2,2-4H3/p+1/t14-,15-,17-/m0/s1. The van der Waals surface area contributed by atoms with E-state index in [4.69, 9.17) is 0 Å². The van der Waals surface area contributed by atoms with Crippen molar-refractivity contribution in [3.8, 4) is 0 Å². The second-order valence-corrected chi connectivity index (χ2v) is 6.20. The summed E-state index contributed by atoms with van der Waals surface area (Å²) in [5.74, 6) is 0.641. The summed E-state index contributed by atoms with van der Waals surface area (Å²) in [5, 5.41) is 3.81. The van der Waals surface area contributed by atoms with Crippen molar-refractivity contribution in [2.75, 3.05) is 18.9 Å². The molecule has 1 aromatic carbocycles. The number of anilines is 1. The van der Waals surface area contributed by atoms with Crippen LogP contribution in [0.3, 0.4) is 0 Å². The van der Waals surface area contributed by atoms with Crippen LogP contribution in [0.4, 0.5) is 5.69 Å². The lowest BCUT2D eigenvalue weighted by Crippen LogP contribution is -3.15. The van der Waals surface area contributed by atoms with Crippen LogP contribution in [0.2, 0.25) is 0 Å². The number of likely N-dealkylation sites (tertiary alicyclic amines) is 1. The molecule has 1 aliphatic heterocycles. The van der Waals surface area contributed by atoms with Crippen molar-refractivity contribution in [2.45, 2.75) is 38.3 Å². The molecule has 2 nitrogen and oxygen atoms in total. The van der Waals surface area contributed by atoms with Crippen molar-refractivity contribution < 1.29 is 4.90 Å². The maximum absolute atomic E-state index is 3.97. The molecular weight excluding hydrogens is 232 g/mol. The second-order valence-electron chi connectivity index (χ2n) is 6.20. The molecule has 0 aromatic heterocycles. The van der Waals surface area contributed by atoms with Gasteiger partial charge in [-0.3, -0.25) is 0 Å². The van der Waals surface area contributed by atoms with E-state index in [1.54, 1.807) is 4.90 Å². The molecule has 2 rings (SSSR count). The zero-order valence-electron chi connectivity index (χ0n) is 12.4. The number of para-hydroxylation sites is 1. The largest absolute Gasteiger partial charge is 0.379 e. The van der Waals surface area contributed by atoms with Crippen LogP contribution in [-0.2, 0) is 0 Å². The van der Waals surface area contributed by atoms with E-state index in [9.17, 15) is 0 Å². The molecule has 1 heterocycles. The van der Waals surface area contributed by atoms with Crippen LogP contribution >= 0.6 is 0 Å². The highest BCUT2D eigenvalue weighted by Gasteiger charge is 2.44. The molecule has 1 fully saturated rings. The smallest absolute Gasteiger partial charge is 0.0867 e. The van der Waals surface area contributed by atoms with Crippen LogP contribution in [0.5, 0.6) is 0 Å². The lowest BCUT2D eigenvalue weighted by Gasteiger charge is -2.47. The molecule has 0 radical (unpaired) electrons. The van der Waals surface area contributed by atoms with Gasteiger partial charge >= 0.3 is 0 Å². The first kappa shape index (κ1) is 14.1. The lowest BCUT2D eigenvalue weighted by molar-refractivity contribution is -0.914. The van der Waals surface area contributed by atoms with E-state index in [2.05, 4.69) is 69.2 Å². The highest BCUT2D eigenvalue weighted by molar-refractivity contribution is 5.46. The zero-order chi connectivity index (χ0) is 13.9. The van der Waals surface area contributed by atoms with Crippen molar-refractivity contribution >= 4 is 5.69 Å². The maximum Gasteiger partial charge on any atom is 0.0867 e. The van der Waals surface area contributed by atoms with E-state index >= 15 is 0 Å². The van der Waals surface area contributed by atoms with E-state index in [0.29, 0.717) is 12.0 Å². The Hall–Kier alpha value is -1.28. The normalized spacial score (nSPS) is 34.8. The minimum atomic E-state index is 0.155. The molecule has 1 aliphatic rings. The first-order chi connectivity index (χ1) is 9.07. The van der Waals surface area contributed by atoms with Crippen LogP contribution < -0.4 is 10.2 Å². The first-order valence-electron chi connectivity index (χ1n) is 7.34. The Kier molecular flexibility index (Phi) is 4.31. The molecule has 0 bridgehead atoms. The van der Waals surface area contributed by atoms with E-state index in [-0.39, 0.29) is 5.54 Å². The summed E-state index contributed by atoms with van der Waals surface area (Å²) in [5.41, 5.74) is 1.38. The molecule has 1 unspecified atom stereocenters. The summed E-state index contributed by atoms with van der Waals surface area (Å²) >= 11 is 0. The van der Waals surface area contributed by atoms with Crippen molar-refractivity contribution in [3.63, 3.8) is 0 Å². The number of piperidine rings is 1. The van der Waals surface area contributed by atoms with Gasteiger partial charge in [0.25, 0.3) is 0 Å². The van der Waals surface area contributed by atoms with Crippen LogP contribution in [-0.4, -0.2) is 25.2 Å². The van der Waals surface area contributed by atoms with Crippen molar-refractivity contribution in [1.82, 2.24) is 0 Å². The molecule has 1 saturated heterocycles. The van der Waals surface area contributed by atoms with Gasteiger partial charge in [0.15, 0.2) is 0 Å². The van der Waals surface area contributed by atoms with Gasteiger partial charge in [-0.1, -0.05) is 31.2 Å². The summed E-state index contributed by atoms with van der Waals surface area (Å²) in [6, 6.07) is 11.3. The number of quaternary nitrogens is 1. The number of hydrogen-bond acceptors (Lipinski definition) is 1. The Bertz CT molecular complexity index is 415. The van der Waals surface area contributed by atoms with Gasteiger partial charge in [-0.2, -0.15) is 0 Å². The minimum absolute atomic E-state index is 0.155. The van der Waals surface area contributed by atoms with E-state index in [1.807, 2.05) is 0 Å². The van der Waals surface area contributed by atoms with Gasteiger partial charge in [-0.25, -0.2) is 0 Å². The fraction of sp³-hybridized carbons (Fsp3) is 0.529. The molecular formula is C17H27N2+. The number of hydrogen-bond donors (Lipinski definition) is 2. The predicted molar refractivity (Wildman–Crippen MR) is 82.6 cm³/mol. The molecule has 0 aliphatic carbocycles. The van der Waals surface area contributed by atoms with Gasteiger partial charge in [0, 0.05) is 18.0 Å². The highest BCUT2D eigenvalue weighted by atomic mass is 15.2. The summed E-state index contributed by atoms with van der Waals surface area (Å²) in [6.07, 6.45) is 4.29. The van der Waals surface area contributed by atoms with E-state index in [0.717, 1.165) is 6.42 Å². The fourth-order valence-electron chi connectivity index (χ4n) is 3.38. The SMILES string of the molecule is C=CC[C@]1(Nc2ccccc2)C[C@H](C)[NH+](C)C[C@@H]1C. The molecule has 1 aromatic rings. The van der Waals surface area contributed by atoms with Crippen molar-refractivity contribution in [3.05, 3.63) is 43.0 Å². The monoisotopic (exact) mass is 259 g/mol. The molecule has 2 heteroatoms. The van der Waals surface area contributed by atoms with Crippen molar-refractivity contribution in [2.24, 2.45) is 5.92 Å². The van der Waals surface area contributed by atoms with Gasteiger partial charge < -0.3 is 10.2 Å². The van der Waals surface area contributed by atoms with Gasteiger partial charge in [0.1, 0.15) is 0 Å². The maximum atomic E-state index is 3.97. The quantitative estimate of drug-likeness (QED) is 0.794.